The zero-order valence-electron chi connectivity index (χ0n) is 10.1. The molecular formula is C13H19NO2. The largest absolute Gasteiger partial charge is 0.508 e. The number of rotatable bonds is 4. The third-order valence-corrected chi connectivity index (χ3v) is 2.79. The molecule has 0 unspecified atom stereocenters. The molecule has 0 spiro atoms. The van der Waals surface area contributed by atoms with E-state index in [1.807, 2.05) is 0 Å². The summed E-state index contributed by atoms with van der Waals surface area (Å²) in [5.41, 5.74) is 0.596. The highest BCUT2D eigenvalue weighted by Crippen LogP contribution is 2.18. The number of nitrogens with one attached hydrogen (secondary N) is 1. The zero-order valence-corrected chi connectivity index (χ0v) is 10.1. The van der Waals surface area contributed by atoms with Crippen molar-refractivity contribution in [3.63, 3.8) is 0 Å². The topological polar surface area (TPSA) is 49.3 Å². The average Bonchev–Trinajstić information content (AvgIpc) is 2.26. The van der Waals surface area contributed by atoms with Crippen molar-refractivity contribution in [3.05, 3.63) is 29.8 Å². The number of hydrogen-bond donors (Lipinski definition) is 2. The molecule has 0 aromatic heterocycles. The highest BCUT2D eigenvalue weighted by atomic mass is 16.3. The van der Waals surface area contributed by atoms with Crippen LogP contribution in [-0.2, 0) is 0 Å². The Morgan fingerprint density at radius 1 is 1.44 bits per heavy atom. The fourth-order valence-electron chi connectivity index (χ4n) is 1.19. The van der Waals surface area contributed by atoms with Gasteiger partial charge in [-0.2, -0.15) is 0 Å². The second-order valence-corrected chi connectivity index (χ2v) is 4.75. The minimum absolute atomic E-state index is 0.104. The molecule has 16 heavy (non-hydrogen) atoms. The maximum Gasteiger partial charge on any atom is 0.251 e. The van der Waals surface area contributed by atoms with E-state index in [9.17, 15) is 9.90 Å². The molecule has 3 nitrogen and oxygen atoms in total. The number of phenolic OH excluding ortho intramolecular Hbond substituents is 1. The van der Waals surface area contributed by atoms with E-state index in [1.165, 1.54) is 6.07 Å². The van der Waals surface area contributed by atoms with Crippen LogP contribution in [0, 0.1) is 5.41 Å². The Balaban J connectivity index is 2.60. The molecule has 0 aliphatic heterocycles. The van der Waals surface area contributed by atoms with E-state index >= 15 is 0 Å². The van der Waals surface area contributed by atoms with Crippen LogP contribution in [0.5, 0.6) is 5.75 Å². The average molecular weight is 221 g/mol. The van der Waals surface area contributed by atoms with Crippen molar-refractivity contribution in [2.24, 2.45) is 5.41 Å². The van der Waals surface area contributed by atoms with Gasteiger partial charge in [-0.1, -0.05) is 26.8 Å². The Bertz CT molecular complexity index is 372. The summed E-state index contributed by atoms with van der Waals surface area (Å²) in [5.74, 6) is -0.0279. The lowest BCUT2D eigenvalue weighted by Gasteiger charge is -2.22. The van der Waals surface area contributed by atoms with Crippen LogP contribution in [0.3, 0.4) is 0 Å². The first-order valence-corrected chi connectivity index (χ1v) is 5.52. The fraction of sp³-hybridized carbons (Fsp3) is 0.462. The number of carbonyl (C=O) groups is 1. The van der Waals surface area contributed by atoms with Crippen molar-refractivity contribution < 1.29 is 9.90 Å². The van der Waals surface area contributed by atoms with Crippen LogP contribution in [0.2, 0.25) is 0 Å². The third-order valence-electron chi connectivity index (χ3n) is 2.79. The summed E-state index contributed by atoms with van der Waals surface area (Å²) >= 11 is 0. The molecule has 1 aromatic carbocycles. The Hall–Kier alpha value is -1.51. The van der Waals surface area contributed by atoms with E-state index < -0.39 is 0 Å². The van der Waals surface area contributed by atoms with Gasteiger partial charge in [0.1, 0.15) is 5.75 Å². The van der Waals surface area contributed by atoms with Crippen molar-refractivity contribution in [1.82, 2.24) is 5.32 Å². The molecule has 0 aliphatic rings. The van der Waals surface area contributed by atoms with Gasteiger partial charge in [-0.25, -0.2) is 0 Å². The van der Waals surface area contributed by atoms with Gasteiger partial charge in [-0.05, 0) is 30.0 Å². The lowest BCUT2D eigenvalue weighted by Crippen LogP contribution is -2.33. The maximum absolute atomic E-state index is 11.7. The van der Waals surface area contributed by atoms with E-state index in [4.69, 9.17) is 0 Å². The van der Waals surface area contributed by atoms with Crippen LogP contribution in [0.1, 0.15) is 37.6 Å². The number of aromatic hydroxyl groups is 1. The number of benzene rings is 1. The lowest BCUT2D eigenvalue weighted by atomic mass is 9.90. The van der Waals surface area contributed by atoms with Gasteiger partial charge in [0.15, 0.2) is 0 Å². The van der Waals surface area contributed by atoms with Crippen LogP contribution < -0.4 is 5.32 Å². The number of carbonyl (C=O) groups excluding carboxylic acids is 1. The molecule has 0 atom stereocenters. The van der Waals surface area contributed by atoms with Gasteiger partial charge >= 0.3 is 0 Å². The quantitative estimate of drug-likeness (QED) is 0.821. The summed E-state index contributed by atoms with van der Waals surface area (Å²) in [5, 5.41) is 12.1. The first-order valence-electron chi connectivity index (χ1n) is 5.52. The molecule has 2 N–H and O–H groups in total. The smallest absolute Gasteiger partial charge is 0.251 e. The summed E-state index contributed by atoms with van der Waals surface area (Å²) in [6.07, 6.45) is 1.01. The van der Waals surface area contributed by atoms with Gasteiger partial charge in [-0.15, -0.1) is 0 Å². The Labute approximate surface area is 96.5 Å². The van der Waals surface area contributed by atoms with Crippen LogP contribution in [0.4, 0.5) is 0 Å². The van der Waals surface area contributed by atoms with Crippen LogP contribution in [-0.4, -0.2) is 17.6 Å². The van der Waals surface area contributed by atoms with Gasteiger partial charge in [0.05, 0.1) is 0 Å². The van der Waals surface area contributed by atoms with Gasteiger partial charge in [0, 0.05) is 12.1 Å². The van der Waals surface area contributed by atoms with Crippen LogP contribution in [0.15, 0.2) is 24.3 Å². The van der Waals surface area contributed by atoms with Crippen molar-refractivity contribution in [1.29, 1.82) is 0 Å². The Morgan fingerprint density at radius 3 is 2.69 bits per heavy atom. The molecule has 0 aliphatic carbocycles. The molecule has 0 saturated carbocycles. The van der Waals surface area contributed by atoms with E-state index in [0.29, 0.717) is 12.1 Å². The number of phenols is 1. The molecule has 0 bridgehead atoms. The van der Waals surface area contributed by atoms with Gasteiger partial charge in [0.25, 0.3) is 5.91 Å². The molecule has 0 fully saturated rings. The zero-order chi connectivity index (χ0) is 12.2. The van der Waals surface area contributed by atoms with E-state index in [0.717, 1.165) is 6.42 Å². The molecule has 0 saturated heterocycles. The van der Waals surface area contributed by atoms with Crippen molar-refractivity contribution in [3.8, 4) is 5.75 Å². The third kappa shape index (κ3) is 3.57. The van der Waals surface area contributed by atoms with Gasteiger partial charge < -0.3 is 10.4 Å². The van der Waals surface area contributed by atoms with Crippen molar-refractivity contribution in [2.75, 3.05) is 6.54 Å². The predicted octanol–water partition coefficient (Wildman–Crippen LogP) is 2.56. The van der Waals surface area contributed by atoms with E-state index in [-0.39, 0.29) is 17.1 Å². The molecule has 3 heteroatoms. The molecule has 88 valence electrons. The maximum atomic E-state index is 11.7. The SMILES string of the molecule is CCC(C)(C)CNC(=O)c1cccc(O)c1. The summed E-state index contributed by atoms with van der Waals surface area (Å²) in [6, 6.07) is 6.37. The standard InChI is InChI=1S/C13H19NO2/c1-4-13(2,3)9-14-12(16)10-6-5-7-11(15)8-10/h5-8,15H,4,9H2,1-3H3,(H,14,16). The second-order valence-electron chi connectivity index (χ2n) is 4.75. The Kier molecular flexibility index (Phi) is 3.93. The lowest BCUT2D eigenvalue weighted by molar-refractivity contribution is 0.0935. The van der Waals surface area contributed by atoms with E-state index in [1.54, 1.807) is 18.2 Å². The van der Waals surface area contributed by atoms with Crippen LogP contribution in [0.25, 0.3) is 0 Å². The molecule has 0 radical (unpaired) electrons. The summed E-state index contributed by atoms with van der Waals surface area (Å²) in [6.45, 7) is 6.95. The van der Waals surface area contributed by atoms with Gasteiger partial charge in [0.2, 0.25) is 0 Å². The Morgan fingerprint density at radius 2 is 2.12 bits per heavy atom. The number of hydrogen-bond acceptors (Lipinski definition) is 2. The summed E-state index contributed by atoms with van der Waals surface area (Å²) < 4.78 is 0. The normalized spacial score (nSPS) is 11.2. The summed E-state index contributed by atoms with van der Waals surface area (Å²) in [7, 11) is 0. The first-order chi connectivity index (χ1) is 7.44. The predicted molar refractivity (Wildman–Crippen MR) is 64.5 cm³/mol. The van der Waals surface area contributed by atoms with Crippen LogP contribution >= 0.6 is 0 Å². The minimum Gasteiger partial charge on any atom is -0.508 e. The minimum atomic E-state index is -0.141. The van der Waals surface area contributed by atoms with E-state index in [2.05, 4.69) is 26.1 Å². The summed E-state index contributed by atoms with van der Waals surface area (Å²) in [4.78, 5) is 11.7. The molecule has 0 heterocycles. The highest BCUT2D eigenvalue weighted by Gasteiger charge is 2.16. The van der Waals surface area contributed by atoms with Gasteiger partial charge in [-0.3, -0.25) is 4.79 Å². The monoisotopic (exact) mass is 221 g/mol. The first kappa shape index (κ1) is 12.6. The molecule has 1 rings (SSSR count). The van der Waals surface area contributed by atoms with Crippen molar-refractivity contribution >= 4 is 5.91 Å². The fourth-order valence-corrected chi connectivity index (χ4v) is 1.19. The van der Waals surface area contributed by atoms with Crippen molar-refractivity contribution in [2.45, 2.75) is 27.2 Å². The number of amides is 1. The highest BCUT2D eigenvalue weighted by molar-refractivity contribution is 5.94. The molecular weight excluding hydrogens is 202 g/mol. The second kappa shape index (κ2) is 5.01. The molecule has 1 amide bonds. The molecule has 1 aromatic rings.